The lowest BCUT2D eigenvalue weighted by molar-refractivity contribution is -0.133. The van der Waals surface area contributed by atoms with Gasteiger partial charge in [-0.15, -0.1) is 0 Å². The molecule has 1 saturated heterocycles. The lowest BCUT2D eigenvalue weighted by atomic mass is 9.98. The van der Waals surface area contributed by atoms with Gasteiger partial charge in [0.2, 0.25) is 5.91 Å². The molecule has 1 fully saturated rings. The first-order valence-electron chi connectivity index (χ1n) is 8.16. The maximum absolute atomic E-state index is 12.1. The molecule has 0 radical (unpaired) electrons. The summed E-state index contributed by atoms with van der Waals surface area (Å²) in [5, 5.41) is 0. The van der Waals surface area contributed by atoms with Gasteiger partial charge in [-0.1, -0.05) is 31.0 Å². The summed E-state index contributed by atoms with van der Waals surface area (Å²) in [6, 6.07) is 8.16. The Labute approximate surface area is 128 Å². The molecule has 1 aliphatic rings. The average molecular weight is 289 g/mol. The second-order valence-electron chi connectivity index (χ2n) is 6.08. The smallest absolute Gasteiger partial charge is 0.222 e. The summed E-state index contributed by atoms with van der Waals surface area (Å²) >= 11 is 0. The maximum Gasteiger partial charge on any atom is 0.222 e. The molecule has 2 rings (SSSR count). The molecule has 0 saturated carbocycles. The van der Waals surface area contributed by atoms with E-state index in [-0.39, 0.29) is 0 Å². The summed E-state index contributed by atoms with van der Waals surface area (Å²) in [4.78, 5) is 14.1. The van der Waals surface area contributed by atoms with Crippen molar-refractivity contribution in [1.82, 2.24) is 4.90 Å². The van der Waals surface area contributed by atoms with Crippen LogP contribution in [0.15, 0.2) is 24.3 Å². The number of carbonyl (C=O) groups excluding carboxylic acids is 1. The number of piperidine rings is 1. The lowest BCUT2D eigenvalue weighted by Gasteiger charge is -2.32. The Hall–Kier alpha value is -1.51. The van der Waals surface area contributed by atoms with Crippen molar-refractivity contribution in [3.63, 3.8) is 0 Å². The summed E-state index contributed by atoms with van der Waals surface area (Å²) in [5.74, 6) is 1.71. The van der Waals surface area contributed by atoms with Gasteiger partial charge in [0.15, 0.2) is 0 Å². The summed E-state index contributed by atoms with van der Waals surface area (Å²) in [7, 11) is 0. The molecule has 1 unspecified atom stereocenters. The molecule has 0 aromatic heterocycles. The van der Waals surface area contributed by atoms with E-state index in [0.717, 1.165) is 44.5 Å². The number of carbonyl (C=O) groups is 1. The molecule has 0 aliphatic carbocycles. The van der Waals surface area contributed by atoms with Crippen LogP contribution < -0.4 is 4.74 Å². The van der Waals surface area contributed by atoms with Crippen molar-refractivity contribution in [1.29, 1.82) is 0 Å². The second-order valence-corrected chi connectivity index (χ2v) is 6.08. The van der Waals surface area contributed by atoms with Gasteiger partial charge in [-0.3, -0.25) is 4.79 Å². The highest BCUT2D eigenvalue weighted by atomic mass is 16.5. The molecule has 0 bridgehead atoms. The molecule has 3 heteroatoms. The zero-order valence-corrected chi connectivity index (χ0v) is 13.3. The zero-order valence-electron chi connectivity index (χ0n) is 13.3. The SMILES string of the molecule is CCCCC(=O)N1CCCC(COc2ccc(C)cc2)C1. The van der Waals surface area contributed by atoms with Crippen LogP contribution in [0.25, 0.3) is 0 Å². The Morgan fingerprint density at radius 1 is 1.33 bits per heavy atom. The van der Waals surface area contributed by atoms with Crippen LogP contribution in [0.2, 0.25) is 0 Å². The van der Waals surface area contributed by atoms with Gasteiger partial charge in [0.25, 0.3) is 0 Å². The summed E-state index contributed by atoms with van der Waals surface area (Å²) in [6.07, 6.45) is 5.03. The van der Waals surface area contributed by atoms with Crippen molar-refractivity contribution < 1.29 is 9.53 Å². The number of aryl methyl sites for hydroxylation is 1. The number of amides is 1. The van der Waals surface area contributed by atoms with Crippen LogP contribution in [0.4, 0.5) is 0 Å². The third-order valence-corrected chi connectivity index (χ3v) is 4.12. The Bertz CT molecular complexity index is 441. The number of benzene rings is 1. The summed E-state index contributed by atoms with van der Waals surface area (Å²) in [5.41, 5.74) is 1.24. The third-order valence-electron chi connectivity index (χ3n) is 4.12. The average Bonchev–Trinajstić information content (AvgIpc) is 2.52. The van der Waals surface area contributed by atoms with Crippen molar-refractivity contribution >= 4 is 5.91 Å². The third kappa shape index (κ3) is 5.07. The van der Waals surface area contributed by atoms with Crippen molar-refractivity contribution in [3.05, 3.63) is 29.8 Å². The Morgan fingerprint density at radius 3 is 2.81 bits per heavy atom. The standard InChI is InChI=1S/C18H27NO2/c1-3-4-7-18(20)19-12-5-6-16(13-19)14-21-17-10-8-15(2)9-11-17/h8-11,16H,3-7,12-14H2,1-2H3. The highest BCUT2D eigenvalue weighted by Crippen LogP contribution is 2.20. The highest BCUT2D eigenvalue weighted by Gasteiger charge is 2.23. The van der Waals surface area contributed by atoms with Crippen molar-refractivity contribution in [2.45, 2.75) is 46.0 Å². The highest BCUT2D eigenvalue weighted by molar-refractivity contribution is 5.76. The predicted molar refractivity (Wildman–Crippen MR) is 85.5 cm³/mol. The number of hydrogen-bond acceptors (Lipinski definition) is 2. The van der Waals surface area contributed by atoms with Gasteiger partial charge in [-0.05, 0) is 38.3 Å². The minimum Gasteiger partial charge on any atom is -0.493 e. The van der Waals surface area contributed by atoms with Crippen LogP contribution in [-0.4, -0.2) is 30.5 Å². The van der Waals surface area contributed by atoms with Gasteiger partial charge in [0.1, 0.15) is 5.75 Å². The van der Waals surface area contributed by atoms with Gasteiger partial charge in [0, 0.05) is 25.4 Å². The Morgan fingerprint density at radius 2 is 2.10 bits per heavy atom. The fourth-order valence-electron chi connectivity index (χ4n) is 2.76. The molecule has 3 nitrogen and oxygen atoms in total. The number of rotatable bonds is 6. The zero-order chi connectivity index (χ0) is 15.1. The fourth-order valence-corrected chi connectivity index (χ4v) is 2.76. The quantitative estimate of drug-likeness (QED) is 0.797. The summed E-state index contributed by atoms with van der Waals surface area (Å²) in [6.45, 7) is 6.69. The lowest BCUT2D eigenvalue weighted by Crippen LogP contribution is -2.41. The molecule has 116 valence electrons. The molecule has 1 atom stereocenters. The maximum atomic E-state index is 12.1. The second kappa shape index (κ2) is 8.06. The van der Waals surface area contributed by atoms with Gasteiger partial charge < -0.3 is 9.64 Å². The van der Waals surface area contributed by atoms with E-state index in [9.17, 15) is 4.79 Å². The molecule has 0 N–H and O–H groups in total. The van der Waals surface area contributed by atoms with Gasteiger partial charge in [-0.25, -0.2) is 0 Å². The number of unbranched alkanes of at least 4 members (excludes halogenated alkanes) is 1. The van der Waals surface area contributed by atoms with E-state index < -0.39 is 0 Å². The van der Waals surface area contributed by atoms with Crippen molar-refractivity contribution in [2.24, 2.45) is 5.92 Å². The minimum atomic E-state index is 0.317. The monoisotopic (exact) mass is 289 g/mol. The van der Waals surface area contributed by atoms with E-state index >= 15 is 0 Å². The first-order chi connectivity index (χ1) is 10.2. The Balaban J connectivity index is 1.78. The van der Waals surface area contributed by atoms with E-state index in [0.29, 0.717) is 24.9 Å². The largest absolute Gasteiger partial charge is 0.493 e. The summed E-state index contributed by atoms with van der Waals surface area (Å²) < 4.78 is 5.87. The number of nitrogens with zero attached hydrogens (tertiary/aromatic N) is 1. The van der Waals surface area contributed by atoms with Crippen LogP contribution in [-0.2, 0) is 4.79 Å². The van der Waals surface area contributed by atoms with E-state index in [1.807, 2.05) is 17.0 Å². The van der Waals surface area contributed by atoms with Crippen LogP contribution in [0, 0.1) is 12.8 Å². The molecule has 21 heavy (non-hydrogen) atoms. The molecule has 1 amide bonds. The van der Waals surface area contributed by atoms with Crippen LogP contribution >= 0.6 is 0 Å². The van der Waals surface area contributed by atoms with Crippen LogP contribution in [0.1, 0.15) is 44.6 Å². The molecular weight excluding hydrogens is 262 g/mol. The van der Waals surface area contributed by atoms with Crippen LogP contribution in [0.5, 0.6) is 5.75 Å². The van der Waals surface area contributed by atoms with E-state index in [1.165, 1.54) is 5.56 Å². The molecule has 0 spiro atoms. The van der Waals surface area contributed by atoms with E-state index in [2.05, 4.69) is 26.0 Å². The molecule has 1 aromatic carbocycles. The van der Waals surface area contributed by atoms with Crippen LogP contribution in [0.3, 0.4) is 0 Å². The topological polar surface area (TPSA) is 29.5 Å². The molecule has 1 aromatic rings. The number of likely N-dealkylation sites (tertiary alicyclic amines) is 1. The fraction of sp³-hybridized carbons (Fsp3) is 0.611. The molecule has 1 heterocycles. The molecular formula is C18H27NO2. The van der Waals surface area contributed by atoms with Crippen molar-refractivity contribution in [2.75, 3.05) is 19.7 Å². The van der Waals surface area contributed by atoms with Gasteiger partial charge >= 0.3 is 0 Å². The Kier molecular flexibility index (Phi) is 6.09. The minimum absolute atomic E-state index is 0.317. The molecule has 1 aliphatic heterocycles. The first-order valence-corrected chi connectivity index (χ1v) is 8.16. The van der Waals surface area contributed by atoms with Crippen molar-refractivity contribution in [3.8, 4) is 5.75 Å². The predicted octanol–water partition coefficient (Wildman–Crippen LogP) is 3.80. The van der Waals surface area contributed by atoms with Gasteiger partial charge in [-0.2, -0.15) is 0 Å². The van der Waals surface area contributed by atoms with E-state index in [1.54, 1.807) is 0 Å². The first kappa shape index (κ1) is 15.9. The normalized spacial score (nSPS) is 18.6. The number of ether oxygens (including phenoxy) is 1. The van der Waals surface area contributed by atoms with Gasteiger partial charge in [0.05, 0.1) is 6.61 Å². The van der Waals surface area contributed by atoms with E-state index in [4.69, 9.17) is 4.74 Å². The number of hydrogen-bond donors (Lipinski definition) is 0.